The Morgan fingerprint density at radius 3 is 2.68 bits per heavy atom. The van der Waals surface area contributed by atoms with Crippen molar-refractivity contribution in [2.24, 2.45) is 4.99 Å². The molecule has 6 nitrogen and oxygen atoms in total. The van der Waals surface area contributed by atoms with E-state index in [1.54, 1.807) is 24.3 Å². The number of thioether (sulfide) groups is 1. The Balaban J connectivity index is 1.72. The molecule has 0 saturated carbocycles. The summed E-state index contributed by atoms with van der Waals surface area (Å²) in [6, 6.07) is 14.4. The van der Waals surface area contributed by atoms with Crippen molar-refractivity contribution < 1.29 is 14.0 Å². The summed E-state index contributed by atoms with van der Waals surface area (Å²) < 4.78 is 13.1. The van der Waals surface area contributed by atoms with Crippen LogP contribution in [0.1, 0.15) is 18.9 Å². The first-order valence-electron chi connectivity index (χ1n) is 8.63. The zero-order valence-corrected chi connectivity index (χ0v) is 15.9. The van der Waals surface area contributed by atoms with Gasteiger partial charge in [-0.15, -0.1) is 0 Å². The van der Waals surface area contributed by atoms with Crippen LogP contribution in [0.15, 0.2) is 53.5 Å². The quantitative estimate of drug-likeness (QED) is 0.835. The van der Waals surface area contributed by atoms with Gasteiger partial charge >= 0.3 is 0 Å². The van der Waals surface area contributed by atoms with Crippen molar-refractivity contribution >= 4 is 40.1 Å². The van der Waals surface area contributed by atoms with Crippen LogP contribution in [0.4, 0.5) is 15.8 Å². The van der Waals surface area contributed by atoms with Crippen LogP contribution in [0, 0.1) is 17.1 Å². The van der Waals surface area contributed by atoms with Crippen molar-refractivity contribution in [1.82, 2.24) is 4.90 Å². The van der Waals surface area contributed by atoms with Crippen LogP contribution in [0.2, 0.25) is 0 Å². The van der Waals surface area contributed by atoms with E-state index in [0.29, 0.717) is 28.7 Å². The first-order valence-corrected chi connectivity index (χ1v) is 9.51. The fraction of sp³-hybridized carbons (Fsp3) is 0.200. The van der Waals surface area contributed by atoms with Gasteiger partial charge in [-0.1, -0.05) is 23.9 Å². The van der Waals surface area contributed by atoms with E-state index in [-0.39, 0.29) is 24.1 Å². The predicted molar refractivity (Wildman–Crippen MR) is 107 cm³/mol. The zero-order valence-electron chi connectivity index (χ0n) is 15.1. The van der Waals surface area contributed by atoms with Crippen LogP contribution >= 0.6 is 11.8 Å². The van der Waals surface area contributed by atoms with Gasteiger partial charge in [0.25, 0.3) is 0 Å². The van der Waals surface area contributed by atoms with Gasteiger partial charge < -0.3 is 5.32 Å². The van der Waals surface area contributed by atoms with E-state index in [4.69, 9.17) is 5.26 Å². The molecule has 1 unspecified atom stereocenters. The van der Waals surface area contributed by atoms with Crippen molar-refractivity contribution in [1.29, 1.82) is 5.26 Å². The largest absolute Gasteiger partial charge is 0.325 e. The number of carbonyl (C=O) groups is 2. The Hall–Kier alpha value is -3.18. The molecule has 3 rings (SSSR count). The van der Waals surface area contributed by atoms with E-state index in [1.165, 1.54) is 40.9 Å². The molecule has 1 aliphatic heterocycles. The summed E-state index contributed by atoms with van der Waals surface area (Å²) >= 11 is 1.21. The maximum Gasteiger partial charge on any atom is 0.242 e. The second-order valence-electron chi connectivity index (χ2n) is 5.97. The third kappa shape index (κ3) is 4.38. The van der Waals surface area contributed by atoms with E-state index in [0.717, 1.165) is 0 Å². The predicted octanol–water partition coefficient (Wildman–Crippen LogP) is 3.68. The van der Waals surface area contributed by atoms with E-state index in [9.17, 15) is 14.0 Å². The SMILES string of the molecule is CCN1C(=O)C(CC(=O)Nc2ccccc2C#N)SC1=Nc1ccc(F)cc1. The van der Waals surface area contributed by atoms with Crippen LogP contribution in [0.3, 0.4) is 0 Å². The molecule has 2 aromatic carbocycles. The number of aliphatic imine (C=N–C) groups is 1. The zero-order chi connectivity index (χ0) is 20.1. The molecule has 1 N–H and O–H groups in total. The van der Waals surface area contributed by atoms with Gasteiger partial charge in [0.2, 0.25) is 11.8 Å². The maximum atomic E-state index is 13.1. The van der Waals surface area contributed by atoms with Crippen molar-refractivity contribution in [2.75, 3.05) is 11.9 Å². The molecule has 2 amide bonds. The van der Waals surface area contributed by atoms with Crippen molar-refractivity contribution in [3.8, 4) is 6.07 Å². The lowest BCUT2D eigenvalue weighted by Crippen LogP contribution is -2.33. The second kappa shape index (κ2) is 8.67. The molecule has 1 aliphatic rings. The second-order valence-corrected chi connectivity index (χ2v) is 7.14. The standard InChI is InChI=1S/C20H17FN4O2S/c1-2-25-19(27)17(28-20(25)23-15-9-7-14(21)8-10-15)11-18(26)24-16-6-4-3-5-13(16)12-22/h3-10,17H,2,11H2,1H3,(H,24,26). The molecule has 8 heteroatoms. The van der Waals surface area contributed by atoms with Crippen LogP contribution < -0.4 is 5.32 Å². The summed E-state index contributed by atoms with van der Waals surface area (Å²) in [6.45, 7) is 2.24. The number of hydrogen-bond donors (Lipinski definition) is 1. The number of carbonyl (C=O) groups excluding carboxylic acids is 2. The summed E-state index contributed by atoms with van der Waals surface area (Å²) in [7, 11) is 0. The highest BCUT2D eigenvalue weighted by Crippen LogP contribution is 2.31. The summed E-state index contributed by atoms with van der Waals surface area (Å²) in [4.78, 5) is 31.0. The van der Waals surface area contributed by atoms with Gasteiger partial charge in [0.1, 0.15) is 17.1 Å². The Morgan fingerprint density at radius 1 is 1.29 bits per heavy atom. The number of hydrogen-bond acceptors (Lipinski definition) is 5. The number of nitrogens with one attached hydrogen (secondary N) is 1. The lowest BCUT2D eigenvalue weighted by Gasteiger charge is -2.13. The van der Waals surface area contributed by atoms with Gasteiger partial charge in [0, 0.05) is 13.0 Å². The van der Waals surface area contributed by atoms with Gasteiger partial charge in [-0.2, -0.15) is 5.26 Å². The molecule has 0 bridgehead atoms. The Bertz CT molecular complexity index is 969. The third-order valence-electron chi connectivity index (χ3n) is 4.08. The highest BCUT2D eigenvalue weighted by atomic mass is 32.2. The molecule has 28 heavy (non-hydrogen) atoms. The molecule has 0 spiro atoms. The summed E-state index contributed by atoms with van der Waals surface area (Å²) in [6.07, 6.45) is -0.0395. The first kappa shape index (κ1) is 19.6. The molecule has 1 atom stereocenters. The molecule has 1 saturated heterocycles. The van der Waals surface area contributed by atoms with Gasteiger partial charge in [0.15, 0.2) is 5.17 Å². The van der Waals surface area contributed by atoms with Gasteiger partial charge in [-0.3, -0.25) is 14.5 Å². The molecule has 142 valence electrons. The first-order chi connectivity index (χ1) is 13.5. The van der Waals surface area contributed by atoms with E-state index < -0.39 is 5.25 Å². The number of para-hydroxylation sites is 1. The average Bonchev–Trinajstić information content (AvgIpc) is 2.98. The van der Waals surface area contributed by atoms with Gasteiger partial charge in [-0.05, 0) is 43.3 Å². The Morgan fingerprint density at radius 2 is 2.00 bits per heavy atom. The molecule has 2 aromatic rings. The fourth-order valence-electron chi connectivity index (χ4n) is 2.70. The van der Waals surface area contributed by atoms with Crippen molar-refractivity contribution in [3.05, 3.63) is 59.9 Å². The van der Waals surface area contributed by atoms with Crippen LogP contribution in [0.25, 0.3) is 0 Å². The molecule has 1 fully saturated rings. The van der Waals surface area contributed by atoms with Gasteiger partial charge in [0.05, 0.1) is 16.9 Å². The van der Waals surface area contributed by atoms with E-state index in [1.807, 2.05) is 13.0 Å². The number of halogens is 1. The topological polar surface area (TPSA) is 85.6 Å². The van der Waals surface area contributed by atoms with Crippen LogP contribution in [0.5, 0.6) is 0 Å². The van der Waals surface area contributed by atoms with E-state index in [2.05, 4.69) is 10.3 Å². The molecule has 1 heterocycles. The molecule has 0 radical (unpaired) electrons. The highest BCUT2D eigenvalue weighted by molar-refractivity contribution is 8.15. The molecule has 0 aromatic heterocycles. The third-order valence-corrected chi connectivity index (χ3v) is 5.26. The number of nitriles is 1. The average molecular weight is 396 g/mol. The lowest BCUT2D eigenvalue weighted by molar-refractivity contribution is -0.128. The summed E-state index contributed by atoms with van der Waals surface area (Å²) in [5.41, 5.74) is 1.30. The lowest BCUT2D eigenvalue weighted by atomic mass is 10.2. The highest BCUT2D eigenvalue weighted by Gasteiger charge is 2.38. The molecular weight excluding hydrogens is 379 g/mol. The van der Waals surface area contributed by atoms with E-state index >= 15 is 0 Å². The fourth-order valence-corrected chi connectivity index (χ4v) is 3.92. The maximum absolute atomic E-state index is 13.1. The number of benzene rings is 2. The Kier molecular flexibility index (Phi) is 6.06. The number of amidine groups is 1. The number of nitrogens with zero attached hydrogens (tertiary/aromatic N) is 3. The normalized spacial score (nSPS) is 17.6. The summed E-state index contributed by atoms with van der Waals surface area (Å²) in [5, 5.41) is 11.7. The van der Waals surface area contributed by atoms with Crippen LogP contribution in [-0.4, -0.2) is 33.7 Å². The monoisotopic (exact) mass is 396 g/mol. The number of rotatable bonds is 5. The number of amides is 2. The van der Waals surface area contributed by atoms with Crippen LogP contribution in [-0.2, 0) is 9.59 Å². The minimum Gasteiger partial charge on any atom is -0.325 e. The minimum atomic E-state index is -0.603. The molecule has 0 aliphatic carbocycles. The van der Waals surface area contributed by atoms with Gasteiger partial charge in [-0.25, -0.2) is 9.38 Å². The van der Waals surface area contributed by atoms with Crippen molar-refractivity contribution in [2.45, 2.75) is 18.6 Å². The Labute approximate surface area is 166 Å². The molecular formula is C20H17FN4O2S. The summed E-state index contributed by atoms with van der Waals surface area (Å²) in [5.74, 6) is -0.914. The van der Waals surface area contributed by atoms with Crippen molar-refractivity contribution in [3.63, 3.8) is 0 Å². The smallest absolute Gasteiger partial charge is 0.242 e. The number of anilines is 1. The minimum absolute atomic E-state index is 0.0395.